The Kier molecular flexibility index (Phi) is 4.78. The van der Waals surface area contributed by atoms with E-state index in [4.69, 9.17) is 16.3 Å². The van der Waals surface area contributed by atoms with E-state index in [-0.39, 0.29) is 5.28 Å². The summed E-state index contributed by atoms with van der Waals surface area (Å²) in [7, 11) is 1.64. The molecule has 1 aromatic carbocycles. The van der Waals surface area contributed by atoms with Crippen LogP contribution in [0.25, 0.3) is 0 Å². The summed E-state index contributed by atoms with van der Waals surface area (Å²) in [5, 5.41) is 3.21. The Bertz CT molecular complexity index is 582. The fourth-order valence-electron chi connectivity index (χ4n) is 1.25. The third kappa shape index (κ3) is 3.32. The third-order valence-electron chi connectivity index (χ3n) is 2.01. The molecule has 0 radical (unpaired) electrons. The van der Waals surface area contributed by atoms with Crippen molar-refractivity contribution >= 4 is 68.4 Å². The lowest BCUT2D eigenvalue weighted by Crippen LogP contribution is -2.00. The maximum atomic E-state index is 5.70. The SMILES string of the molecule is COc1cc(Nc2ncnc(Cl)n2)cc(I)c1I. The van der Waals surface area contributed by atoms with E-state index in [1.807, 2.05) is 12.1 Å². The van der Waals surface area contributed by atoms with Crippen LogP contribution < -0.4 is 10.1 Å². The summed E-state index contributed by atoms with van der Waals surface area (Å²) in [4.78, 5) is 11.7. The van der Waals surface area contributed by atoms with Gasteiger partial charge in [-0.3, -0.25) is 0 Å². The average molecular weight is 488 g/mol. The van der Waals surface area contributed by atoms with Crippen LogP contribution in [0.3, 0.4) is 0 Å². The van der Waals surface area contributed by atoms with E-state index in [9.17, 15) is 0 Å². The van der Waals surface area contributed by atoms with Crippen LogP contribution in [0.1, 0.15) is 0 Å². The second-order valence-corrected chi connectivity index (χ2v) is 5.76. The maximum Gasteiger partial charge on any atom is 0.231 e. The molecule has 1 aromatic heterocycles. The molecule has 0 fully saturated rings. The van der Waals surface area contributed by atoms with E-state index in [0.717, 1.165) is 18.6 Å². The number of benzene rings is 1. The van der Waals surface area contributed by atoms with Gasteiger partial charge < -0.3 is 10.1 Å². The molecule has 2 aromatic rings. The Balaban J connectivity index is 2.32. The van der Waals surface area contributed by atoms with Crippen LogP contribution in [-0.4, -0.2) is 22.1 Å². The first-order chi connectivity index (χ1) is 8.60. The zero-order valence-electron chi connectivity index (χ0n) is 9.12. The number of rotatable bonds is 3. The highest BCUT2D eigenvalue weighted by Crippen LogP contribution is 2.30. The topological polar surface area (TPSA) is 59.9 Å². The Morgan fingerprint density at radius 2 is 2.06 bits per heavy atom. The first-order valence-corrected chi connectivity index (χ1v) is 7.28. The largest absolute Gasteiger partial charge is 0.496 e. The minimum Gasteiger partial charge on any atom is -0.496 e. The summed E-state index contributed by atoms with van der Waals surface area (Å²) >= 11 is 10.2. The molecule has 0 atom stereocenters. The number of methoxy groups -OCH3 is 1. The van der Waals surface area contributed by atoms with Gasteiger partial charge in [0.15, 0.2) is 0 Å². The van der Waals surface area contributed by atoms with Gasteiger partial charge in [-0.25, -0.2) is 9.97 Å². The van der Waals surface area contributed by atoms with Gasteiger partial charge in [0, 0.05) is 15.3 Å². The van der Waals surface area contributed by atoms with Crippen molar-refractivity contribution in [3.05, 3.63) is 30.9 Å². The normalized spacial score (nSPS) is 10.2. The van der Waals surface area contributed by atoms with Crippen molar-refractivity contribution in [2.75, 3.05) is 12.4 Å². The first kappa shape index (κ1) is 14.0. The molecule has 0 aliphatic heterocycles. The van der Waals surface area contributed by atoms with E-state index in [1.54, 1.807) is 7.11 Å². The number of nitrogens with zero attached hydrogens (tertiary/aromatic N) is 3. The van der Waals surface area contributed by atoms with Crippen molar-refractivity contribution in [2.24, 2.45) is 0 Å². The average Bonchev–Trinajstić information content (AvgIpc) is 2.33. The second-order valence-electron chi connectivity index (χ2n) is 3.18. The number of hydrogen-bond donors (Lipinski definition) is 1. The van der Waals surface area contributed by atoms with Crippen molar-refractivity contribution in [3.63, 3.8) is 0 Å². The van der Waals surface area contributed by atoms with E-state index in [2.05, 4.69) is 65.5 Å². The zero-order valence-corrected chi connectivity index (χ0v) is 14.2. The van der Waals surface area contributed by atoms with E-state index < -0.39 is 0 Å². The molecule has 5 nitrogen and oxygen atoms in total. The molecule has 2 rings (SSSR count). The Hall–Kier alpha value is -0.420. The second kappa shape index (κ2) is 6.15. The van der Waals surface area contributed by atoms with Crippen molar-refractivity contribution < 1.29 is 4.74 Å². The van der Waals surface area contributed by atoms with Gasteiger partial charge in [-0.1, -0.05) is 0 Å². The molecule has 1 heterocycles. The van der Waals surface area contributed by atoms with Gasteiger partial charge in [-0.15, -0.1) is 0 Å². The molecule has 0 saturated carbocycles. The van der Waals surface area contributed by atoms with Gasteiger partial charge in [0.25, 0.3) is 0 Å². The molecular weight excluding hydrogens is 481 g/mol. The Morgan fingerprint density at radius 1 is 1.28 bits per heavy atom. The van der Waals surface area contributed by atoms with Gasteiger partial charge in [0.05, 0.1) is 10.7 Å². The van der Waals surface area contributed by atoms with Crippen LogP contribution in [0.15, 0.2) is 18.5 Å². The molecule has 0 unspecified atom stereocenters. The van der Waals surface area contributed by atoms with Crippen LogP contribution in [0.5, 0.6) is 5.75 Å². The lowest BCUT2D eigenvalue weighted by Gasteiger charge is -2.10. The lowest BCUT2D eigenvalue weighted by atomic mass is 10.3. The molecule has 8 heteroatoms. The van der Waals surface area contributed by atoms with Crippen molar-refractivity contribution in [3.8, 4) is 5.75 Å². The third-order valence-corrected chi connectivity index (χ3v) is 5.19. The fraction of sp³-hybridized carbons (Fsp3) is 0.100. The number of halogens is 3. The highest BCUT2D eigenvalue weighted by atomic mass is 127. The molecule has 0 aliphatic carbocycles. The molecule has 0 aliphatic rings. The molecule has 0 amide bonds. The standard InChI is InChI=1S/C10H7ClI2N4O/c1-18-7-3-5(2-6(12)8(7)13)16-10-15-4-14-9(11)17-10/h2-4H,1H3,(H,14,15,16,17). The summed E-state index contributed by atoms with van der Waals surface area (Å²) in [6.07, 6.45) is 1.35. The predicted molar refractivity (Wildman–Crippen MR) is 86.5 cm³/mol. The fourth-order valence-corrected chi connectivity index (χ4v) is 2.51. The Morgan fingerprint density at radius 3 is 2.72 bits per heavy atom. The van der Waals surface area contributed by atoms with Crippen LogP contribution in [0.4, 0.5) is 11.6 Å². The molecule has 0 spiro atoms. The van der Waals surface area contributed by atoms with Crippen LogP contribution in [0.2, 0.25) is 5.28 Å². The van der Waals surface area contributed by atoms with Crippen LogP contribution in [-0.2, 0) is 0 Å². The molecule has 94 valence electrons. The van der Waals surface area contributed by atoms with Crippen molar-refractivity contribution in [2.45, 2.75) is 0 Å². The maximum absolute atomic E-state index is 5.70. The van der Waals surface area contributed by atoms with Crippen LogP contribution in [0, 0.1) is 7.14 Å². The summed E-state index contributed by atoms with van der Waals surface area (Å²) in [6, 6.07) is 3.85. The van der Waals surface area contributed by atoms with Crippen molar-refractivity contribution in [1.29, 1.82) is 0 Å². The summed E-state index contributed by atoms with van der Waals surface area (Å²) in [5.41, 5.74) is 0.832. The quantitative estimate of drug-likeness (QED) is 0.671. The van der Waals surface area contributed by atoms with Gasteiger partial charge in [0.2, 0.25) is 11.2 Å². The number of hydrogen-bond acceptors (Lipinski definition) is 5. The summed E-state index contributed by atoms with van der Waals surface area (Å²) in [5.74, 6) is 1.19. The van der Waals surface area contributed by atoms with Gasteiger partial charge >= 0.3 is 0 Å². The number of anilines is 2. The number of aromatic nitrogens is 3. The van der Waals surface area contributed by atoms with Gasteiger partial charge in [-0.05, 0) is 62.8 Å². The highest BCUT2D eigenvalue weighted by molar-refractivity contribution is 14.1. The Labute approximate surface area is 136 Å². The summed E-state index contributed by atoms with van der Waals surface area (Å²) < 4.78 is 7.44. The van der Waals surface area contributed by atoms with Crippen LogP contribution >= 0.6 is 56.8 Å². The minimum absolute atomic E-state index is 0.152. The molecular formula is C10H7ClI2N4O. The molecule has 0 saturated heterocycles. The highest BCUT2D eigenvalue weighted by Gasteiger charge is 2.08. The van der Waals surface area contributed by atoms with E-state index >= 15 is 0 Å². The van der Waals surface area contributed by atoms with Crippen molar-refractivity contribution in [1.82, 2.24) is 15.0 Å². The van der Waals surface area contributed by atoms with Gasteiger partial charge in [-0.2, -0.15) is 4.98 Å². The number of nitrogens with one attached hydrogen (secondary N) is 1. The van der Waals surface area contributed by atoms with Gasteiger partial charge in [0.1, 0.15) is 12.1 Å². The molecule has 1 N–H and O–H groups in total. The zero-order chi connectivity index (χ0) is 13.1. The van der Waals surface area contributed by atoms with E-state index in [1.165, 1.54) is 6.33 Å². The minimum atomic E-state index is 0.152. The molecule has 0 bridgehead atoms. The predicted octanol–water partition coefficient (Wildman–Crippen LogP) is 3.49. The lowest BCUT2D eigenvalue weighted by molar-refractivity contribution is 0.411. The smallest absolute Gasteiger partial charge is 0.231 e. The van der Waals surface area contributed by atoms with E-state index in [0.29, 0.717) is 5.95 Å². The molecule has 18 heavy (non-hydrogen) atoms. The number of ether oxygens (including phenoxy) is 1. The summed E-state index contributed by atoms with van der Waals surface area (Å²) in [6.45, 7) is 0. The first-order valence-electron chi connectivity index (χ1n) is 4.74. The monoisotopic (exact) mass is 488 g/mol.